The minimum Gasteiger partial charge on any atom is -0.408 e. The summed E-state index contributed by atoms with van der Waals surface area (Å²) >= 11 is 0. The molecular formula is C53H50N12O. The van der Waals surface area contributed by atoms with Gasteiger partial charge in [-0.3, -0.25) is 0 Å². The van der Waals surface area contributed by atoms with E-state index < -0.39 is 0 Å². The zero-order valence-electron chi connectivity index (χ0n) is 37.9. The number of nitrogens with one attached hydrogen (secondary N) is 3. The Morgan fingerprint density at radius 2 is 1.03 bits per heavy atom. The van der Waals surface area contributed by atoms with E-state index in [1.54, 1.807) is 6.20 Å². The second-order valence-electron chi connectivity index (χ2n) is 16.9. The number of aromatic nitrogens is 10. The van der Waals surface area contributed by atoms with Crippen molar-refractivity contribution >= 4 is 34.0 Å². The van der Waals surface area contributed by atoms with Crippen LogP contribution in [0.1, 0.15) is 0 Å². The molecule has 8 heterocycles. The lowest BCUT2D eigenvalue weighted by molar-refractivity contribution is 0.415. The molecule has 66 heavy (non-hydrogen) atoms. The van der Waals surface area contributed by atoms with E-state index in [1.165, 1.54) is 17.1 Å². The van der Waals surface area contributed by atoms with Crippen molar-refractivity contribution in [1.82, 2.24) is 46.9 Å². The molecule has 13 heteroatoms. The van der Waals surface area contributed by atoms with Crippen LogP contribution >= 0.6 is 0 Å². The summed E-state index contributed by atoms with van der Waals surface area (Å²) in [6.45, 7) is 0. The van der Waals surface area contributed by atoms with Gasteiger partial charge in [0.25, 0.3) is 0 Å². The summed E-state index contributed by atoms with van der Waals surface area (Å²) in [5.41, 5.74) is 16.0. The van der Waals surface area contributed by atoms with Gasteiger partial charge in [0.05, 0.1) is 50.9 Å². The van der Waals surface area contributed by atoms with Gasteiger partial charge in [-0.1, -0.05) is 30.3 Å². The molecule has 328 valence electrons. The van der Waals surface area contributed by atoms with Crippen LogP contribution in [0.2, 0.25) is 0 Å². The SMILES string of the molecule is Cn1cccc1-c1ccc(-c2ccc(-c3ccc(Nc4cccc(-c5cccc(Nc6ccc(-c7ccc8nc(Oc9ccc(-c%10nccn%10C)n9C)[nH]c8c7)n6C)c5)c4)n3C)n2C)n1C. The van der Waals surface area contributed by atoms with Gasteiger partial charge in [0.1, 0.15) is 11.6 Å². The number of H-pyrrole nitrogens is 1. The summed E-state index contributed by atoms with van der Waals surface area (Å²) in [4.78, 5) is 12.6. The van der Waals surface area contributed by atoms with Crippen LogP contribution in [0.4, 0.5) is 23.0 Å². The first-order valence-corrected chi connectivity index (χ1v) is 21.9. The van der Waals surface area contributed by atoms with Gasteiger partial charge in [0, 0.05) is 96.6 Å². The van der Waals surface area contributed by atoms with Crippen molar-refractivity contribution in [3.63, 3.8) is 0 Å². The molecule has 0 aliphatic heterocycles. The Morgan fingerprint density at radius 3 is 1.64 bits per heavy atom. The summed E-state index contributed by atoms with van der Waals surface area (Å²) in [5.74, 6) is 3.51. The van der Waals surface area contributed by atoms with Crippen molar-refractivity contribution in [1.29, 1.82) is 0 Å². The molecule has 8 aromatic heterocycles. The molecule has 3 N–H and O–H groups in total. The largest absolute Gasteiger partial charge is 0.408 e. The zero-order valence-corrected chi connectivity index (χ0v) is 37.9. The third-order valence-corrected chi connectivity index (χ3v) is 12.9. The molecule has 3 aromatic carbocycles. The average Bonchev–Trinajstić information content (AvgIpc) is 4.21. The standard InChI is InChI=1S/C53H50N12O/c1-59-29-10-15-42(59)43-18-19-44(61(43)3)45-20-21-46(62(45)4)47-23-26-50(64(47)6)56-38-14-9-12-35(32-38)34-11-8-13-37(31-34)55-49-25-22-41(63(49)5)36-16-17-39-40(33-36)58-53(57-39)66-51-27-24-48(65(51)7)52-54-28-30-60(52)2/h8-33,55-56H,1-7H3,(H,57,58). The van der Waals surface area contributed by atoms with Crippen LogP contribution in [-0.2, 0) is 49.3 Å². The highest BCUT2D eigenvalue weighted by Gasteiger charge is 2.19. The lowest BCUT2D eigenvalue weighted by Crippen LogP contribution is -2.03. The zero-order chi connectivity index (χ0) is 45.2. The molecule has 13 nitrogen and oxygen atoms in total. The third-order valence-electron chi connectivity index (χ3n) is 12.9. The smallest absolute Gasteiger partial charge is 0.301 e. The summed E-state index contributed by atoms with van der Waals surface area (Å²) in [6.07, 6.45) is 5.80. The highest BCUT2D eigenvalue weighted by molar-refractivity contribution is 5.83. The van der Waals surface area contributed by atoms with E-state index in [0.717, 1.165) is 85.0 Å². The van der Waals surface area contributed by atoms with E-state index in [4.69, 9.17) is 9.72 Å². The van der Waals surface area contributed by atoms with Crippen LogP contribution in [0.3, 0.4) is 0 Å². The molecule has 0 atom stereocenters. The number of imidazole rings is 2. The molecule has 0 radical (unpaired) electrons. The third kappa shape index (κ3) is 6.97. The van der Waals surface area contributed by atoms with E-state index in [9.17, 15) is 0 Å². The molecule has 0 fully saturated rings. The molecule has 0 aliphatic carbocycles. The number of rotatable bonds is 12. The molecule has 0 saturated heterocycles. The van der Waals surface area contributed by atoms with Gasteiger partial charge in [-0.15, -0.1) is 0 Å². The molecule has 11 aromatic rings. The summed E-state index contributed by atoms with van der Waals surface area (Å²) in [6, 6.07) is 49.3. The number of fused-ring (bicyclic) bond motifs is 1. The Balaban J connectivity index is 0.777. The van der Waals surface area contributed by atoms with Crippen LogP contribution in [0.25, 0.3) is 79.1 Å². The van der Waals surface area contributed by atoms with Gasteiger partial charge in [0.2, 0.25) is 5.88 Å². The Hall–Kier alpha value is -8.58. The highest BCUT2D eigenvalue weighted by atomic mass is 16.5. The first-order chi connectivity index (χ1) is 32.1. The normalized spacial score (nSPS) is 11.6. The van der Waals surface area contributed by atoms with Crippen LogP contribution < -0.4 is 15.4 Å². The van der Waals surface area contributed by atoms with Crippen molar-refractivity contribution in [3.05, 3.63) is 158 Å². The van der Waals surface area contributed by atoms with Gasteiger partial charge >= 0.3 is 6.01 Å². The lowest BCUT2D eigenvalue weighted by atomic mass is 10.0. The van der Waals surface area contributed by atoms with E-state index in [-0.39, 0.29) is 0 Å². The molecular weight excluding hydrogens is 821 g/mol. The Labute approximate surface area is 382 Å². The second-order valence-corrected chi connectivity index (χ2v) is 16.9. The van der Waals surface area contributed by atoms with Gasteiger partial charge in [-0.2, -0.15) is 4.98 Å². The molecule has 11 rings (SSSR count). The molecule has 0 spiro atoms. The number of ether oxygens (including phenoxy) is 1. The van der Waals surface area contributed by atoms with E-state index in [1.807, 2.05) is 47.6 Å². The molecule has 0 saturated carbocycles. The number of anilines is 4. The van der Waals surface area contributed by atoms with Crippen molar-refractivity contribution in [2.45, 2.75) is 0 Å². The van der Waals surface area contributed by atoms with Gasteiger partial charge in [0.15, 0.2) is 5.82 Å². The number of benzene rings is 3. The Morgan fingerprint density at radius 1 is 0.455 bits per heavy atom. The molecule has 0 amide bonds. The molecule has 0 aliphatic rings. The minimum atomic E-state index is 0.429. The summed E-state index contributed by atoms with van der Waals surface area (Å²) in [5, 5.41) is 7.35. The van der Waals surface area contributed by atoms with E-state index >= 15 is 0 Å². The van der Waals surface area contributed by atoms with Crippen LogP contribution in [0.5, 0.6) is 11.9 Å². The predicted molar refractivity (Wildman–Crippen MR) is 265 cm³/mol. The van der Waals surface area contributed by atoms with Crippen molar-refractivity contribution in [3.8, 4) is 80.0 Å². The predicted octanol–water partition coefficient (Wildman–Crippen LogP) is 11.6. The van der Waals surface area contributed by atoms with Crippen LogP contribution in [-0.4, -0.2) is 46.9 Å². The first kappa shape index (κ1) is 40.2. The fourth-order valence-corrected chi connectivity index (χ4v) is 9.17. The first-order valence-electron chi connectivity index (χ1n) is 21.9. The molecule has 0 bridgehead atoms. The van der Waals surface area contributed by atoms with Gasteiger partial charge in [-0.05, 0) is 114 Å². The Kier molecular flexibility index (Phi) is 9.68. The van der Waals surface area contributed by atoms with Crippen molar-refractivity contribution in [2.24, 2.45) is 49.3 Å². The average molecular weight is 871 g/mol. The number of hydrogen-bond donors (Lipinski definition) is 3. The fraction of sp³-hybridized carbons (Fsp3) is 0.132. The maximum absolute atomic E-state index is 6.22. The number of aryl methyl sites for hydroxylation is 2. The second kappa shape index (κ2) is 15.9. The number of aromatic amines is 1. The van der Waals surface area contributed by atoms with Gasteiger partial charge in [-0.25, -0.2) is 4.98 Å². The lowest BCUT2D eigenvalue weighted by Gasteiger charge is -2.14. The number of nitrogens with zero attached hydrogens (tertiary/aromatic N) is 9. The van der Waals surface area contributed by atoms with Crippen molar-refractivity contribution in [2.75, 3.05) is 10.6 Å². The quantitative estimate of drug-likeness (QED) is 0.113. The Bertz CT molecular complexity index is 3570. The topological polar surface area (TPSA) is 109 Å². The van der Waals surface area contributed by atoms with E-state index in [0.29, 0.717) is 11.9 Å². The van der Waals surface area contributed by atoms with Crippen LogP contribution in [0.15, 0.2) is 158 Å². The molecule has 0 unspecified atom stereocenters. The monoisotopic (exact) mass is 870 g/mol. The van der Waals surface area contributed by atoms with Gasteiger partial charge < -0.3 is 52.3 Å². The highest BCUT2D eigenvalue weighted by Crippen LogP contribution is 2.36. The van der Waals surface area contributed by atoms with Crippen molar-refractivity contribution < 1.29 is 4.74 Å². The maximum Gasteiger partial charge on any atom is 0.301 e. The van der Waals surface area contributed by atoms with Crippen LogP contribution in [0, 0.1) is 0 Å². The summed E-state index contributed by atoms with van der Waals surface area (Å²) in [7, 11) is 14.5. The summed E-state index contributed by atoms with van der Waals surface area (Å²) < 4.78 is 21.3. The number of hydrogen-bond acceptors (Lipinski definition) is 5. The fourth-order valence-electron chi connectivity index (χ4n) is 9.17. The van der Waals surface area contributed by atoms with E-state index in [2.05, 4.69) is 206 Å². The maximum atomic E-state index is 6.22. The minimum absolute atomic E-state index is 0.429.